The molecule has 24 heavy (non-hydrogen) atoms. The van der Waals surface area contributed by atoms with Gasteiger partial charge in [0.25, 0.3) is 0 Å². The minimum atomic E-state index is -3.17. The SMILES string of the molecule is CS(=O)(=O)c1ccc(C2=CC3(C=C2c2ccc(S)cc2)CC3)cc1. The first-order valence-electron chi connectivity index (χ1n) is 7.92. The van der Waals surface area contributed by atoms with E-state index in [0.29, 0.717) is 4.90 Å². The highest BCUT2D eigenvalue weighted by atomic mass is 32.2. The lowest BCUT2D eigenvalue weighted by molar-refractivity contribution is 0.602. The van der Waals surface area contributed by atoms with Gasteiger partial charge < -0.3 is 0 Å². The first-order chi connectivity index (χ1) is 11.4. The van der Waals surface area contributed by atoms with E-state index in [0.717, 1.165) is 10.5 Å². The highest BCUT2D eigenvalue weighted by molar-refractivity contribution is 7.90. The average Bonchev–Trinajstić information content (AvgIpc) is 3.19. The van der Waals surface area contributed by atoms with Crippen molar-refractivity contribution in [1.82, 2.24) is 0 Å². The summed E-state index contributed by atoms with van der Waals surface area (Å²) in [6.07, 6.45) is 8.31. The van der Waals surface area contributed by atoms with E-state index in [9.17, 15) is 8.42 Å². The van der Waals surface area contributed by atoms with Gasteiger partial charge in [0, 0.05) is 16.6 Å². The second-order valence-corrected chi connectivity index (χ2v) is 9.22. The fraction of sp³-hybridized carbons (Fsp3) is 0.200. The maximum absolute atomic E-state index is 11.7. The fourth-order valence-corrected chi connectivity index (χ4v) is 3.98. The maximum Gasteiger partial charge on any atom is 0.175 e. The van der Waals surface area contributed by atoms with Crippen molar-refractivity contribution in [2.45, 2.75) is 22.6 Å². The summed E-state index contributed by atoms with van der Waals surface area (Å²) in [6, 6.07) is 15.4. The molecule has 0 aliphatic heterocycles. The second-order valence-electron chi connectivity index (χ2n) is 6.69. The van der Waals surface area contributed by atoms with Crippen molar-refractivity contribution in [2.24, 2.45) is 5.41 Å². The molecule has 2 aliphatic carbocycles. The number of hydrogen-bond acceptors (Lipinski definition) is 3. The van der Waals surface area contributed by atoms with Crippen LogP contribution in [0.3, 0.4) is 0 Å². The van der Waals surface area contributed by atoms with Gasteiger partial charge in [-0.25, -0.2) is 8.42 Å². The Bertz CT molecular complexity index is 959. The third-order valence-corrected chi connectivity index (χ3v) is 6.18. The van der Waals surface area contributed by atoms with Crippen LogP contribution in [-0.2, 0) is 9.84 Å². The summed E-state index contributed by atoms with van der Waals surface area (Å²) in [5.74, 6) is 0. The van der Waals surface area contributed by atoms with E-state index in [1.807, 2.05) is 24.3 Å². The molecule has 4 heteroatoms. The van der Waals surface area contributed by atoms with Gasteiger partial charge in [0.2, 0.25) is 0 Å². The lowest BCUT2D eigenvalue weighted by Gasteiger charge is -2.10. The molecule has 0 heterocycles. The average molecular weight is 354 g/mol. The third-order valence-electron chi connectivity index (χ3n) is 4.75. The number of thiol groups is 1. The summed E-state index contributed by atoms with van der Waals surface area (Å²) >= 11 is 4.36. The second kappa shape index (κ2) is 5.36. The molecule has 0 unspecified atom stereocenters. The van der Waals surface area contributed by atoms with Gasteiger partial charge in [-0.1, -0.05) is 36.4 Å². The zero-order valence-corrected chi connectivity index (χ0v) is 15.1. The predicted molar refractivity (Wildman–Crippen MR) is 101 cm³/mol. The minimum Gasteiger partial charge on any atom is -0.224 e. The molecule has 0 atom stereocenters. The molecule has 1 fully saturated rings. The van der Waals surface area contributed by atoms with Gasteiger partial charge >= 0.3 is 0 Å². The molecule has 0 amide bonds. The van der Waals surface area contributed by atoms with Gasteiger partial charge in [0.05, 0.1) is 4.90 Å². The summed E-state index contributed by atoms with van der Waals surface area (Å²) in [5, 5.41) is 0. The van der Waals surface area contributed by atoms with Gasteiger partial charge in [-0.2, -0.15) is 0 Å². The van der Waals surface area contributed by atoms with Gasteiger partial charge in [-0.3, -0.25) is 0 Å². The summed E-state index contributed by atoms with van der Waals surface area (Å²) < 4.78 is 23.3. The molecule has 0 aromatic heterocycles. The first-order valence-corrected chi connectivity index (χ1v) is 10.3. The van der Waals surface area contributed by atoms with Crippen LogP contribution >= 0.6 is 12.6 Å². The van der Waals surface area contributed by atoms with Crippen LogP contribution in [0.25, 0.3) is 11.1 Å². The van der Waals surface area contributed by atoms with Crippen molar-refractivity contribution in [3.63, 3.8) is 0 Å². The van der Waals surface area contributed by atoms with Gasteiger partial charge in [0.15, 0.2) is 9.84 Å². The number of hydrogen-bond donors (Lipinski definition) is 1. The number of sulfone groups is 1. The van der Waals surface area contributed by atoms with E-state index < -0.39 is 9.84 Å². The van der Waals surface area contributed by atoms with Crippen molar-refractivity contribution in [1.29, 1.82) is 0 Å². The highest BCUT2D eigenvalue weighted by Gasteiger charge is 2.43. The Hall–Kier alpha value is -1.78. The normalized spacial score (nSPS) is 18.4. The first kappa shape index (κ1) is 15.7. The summed E-state index contributed by atoms with van der Waals surface area (Å²) in [6.45, 7) is 0. The standard InChI is InChI=1S/C20H18O2S2/c1-24(21,22)17-8-4-15(5-9-17)19-13-20(10-11-20)12-18(19)14-2-6-16(23)7-3-14/h2-9,12-13,23H,10-11H2,1H3. The molecule has 2 nitrogen and oxygen atoms in total. The van der Waals surface area contributed by atoms with Crippen LogP contribution in [0.15, 0.2) is 70.5 Å². The summed E-state index contributed by atoms with van der Waals surface area (Å²) in [5.41, 5.74) is 4.87. The smallest absolute Gasteiger partial charge is 0.175 e. The van der Waals surface area contributed by atoms with E-state index in [1.54, 1.807) is 12.1 Å². The Morgan fingerprint density at radius 1 is 0.833 bits per heavy atom. The molecule has 2 aromatic carbocycles. The molecule has 4 rings (SSSR count). The topological polar surface area (TPSA) is 34.1 Å². The van der Waals surface area contributed by atoms with E-state index in [1.165, 1.54) is 35.8 Å². The van der Waals surface area contributed by atoms with E-state index in [4.69, 9.17) is 0 Å². The minimum absolute atomic E-state index is 0.208. The van der Waals surface area contributed by atoms with Crippen LogP contribution in [0.4, 0.5) is 0 Å². The molecule has 1 spiro atoms. The Kier molecular flexibility index (Phi) is 3.52. The van der Waals surface area contributed by atoms with Crippen molar-refractivity contribution in [3.05, 3.63) is 71.8 Å². The van der Waals surface area contributed by atoms with Gasteiger partial charge in [0.1, 0.15) is 0 Å². The van der Waals surface area contributed by atoms with Gasteiger partial charge in [-0.05, 0) is 59.4 Å². The molecule has 0 radical (unpaired) electrons. The molecule has 1 saturated carbocycles. The molecule has 0 N–H and O–H groups in total. The number of rotatable bonds is 3. The van der Waals surface area contributed by atoms with E-state index in [2.05, 4.69) is 36.9 Å². The molecule has 122 valence electrons. The Labute approximate surface area is 148 Å². The predicted octanol–water partition coefficient (Wildman–Crippen LogP) is 4.64. The van der Waals surface area contributed by atoms with Crippen molar-refractivity contribution < 1.29 is 8.42 Å². The highest BCUT2D eigenvalue weighted by Crippen LogP contribution is 2.57. The maximum atomic E-state index is 11.7. The molecule has 2 aromatic rings. The van der Waals surface area contributed by atoms with Crippen molar-refractivity contribution in [2.75, 3.05) is 6.26 Å². The molecular weight excluding hydrogens is 336 g/mol. The molecule has 0 bridgehead atoms. The Balaban J connectivity index is 1.76. The monoisotopic (exact) mass is 354 g/mol. The van der Waals surface area contributed by atoms with Crippen LogP contribution < -0.4 is 0 Å². The summed E-state index contributed by atoms with van der Waals surface area (Å²) in [4.78, 5) is 1.30. The summed E-state index contributed by atoms with van der Waals surface area (Å²) in [7, 11) is -3.17. The van der Waals surface area contributed by atoms with Crippen LogP contribution in [-0.4, -0.2) is 14.7 Å². The quantitative estimate of drug-likeness (QED) is 0.815. The Morgan fingerprint density at radius 2 is 1.29 bits per heavy atom. The van der Waals surface area contributed by atoms with Crippen LogP contribution in [0.5, 0.6) is 0 Å². The van der Waals surface area contributed by atoms with Gasteiger partial charge in [-0.15, -0.1) is 12.6 Å². The zero-order valence-electron chi connectivity index (χ0n) is 13.4. The Morgan fingerprint density at radius 3 is 1.71 bits per heavy atom. The van der Waals surface area contributed by atoms with Crippen LogP contribution in [0.1, 0.15) is 24.0 Å². The van der Waals surface area contributed by atoms with E-state index >= 15 is 0 Å². The zero-order chi connectivity index (χ0) is 16.9. The number of allylic oxidation sites excluding steroid dienone is 4. The van der Waals surface area contributed by atoms with Crippen molar-refractivity contribution in [3.8, 4) is 0 Å². The van der Waals surface area contributed by atoms with Crippen LogP contribution in [0, 0.1) is 5.41 Å². The number of benzene rings is 2. The third kappa shape index (κ3) is 2.85. The fourth-order valence-electron chi connectivity index (χ4n) is 3.21. The molecule has 2 aliphatic rings. The largest absolute Gasteiger partial charge is 0.224 e. The van der Waals surface area contributed by atoms with Crippen LogP contribution in [0.2, 0.25) is 0 Å². The molecule has 0 saturated heterocycles. The van der Waals surface area contributed by atoms with E-state index in [-0.39, 0.29) is 5.41 Å². The lowest BCUT2D eigenvalue weighted by atomic mass is 9.95. The van der Waals surface area contributed by atoms with Crippen molar-refractivity contribution >= 4 is 33.6 Å². The lowest BCUT2D eigenvalue weighted by Crippen LogP contribution is -1.97. The molecular formula is C20H18O2S2.